The van der Waals surface area contributed by atoms with Gasteiger partial charge in [0.15, 0.2) is 0 Å². The molecule has 4 nitrogen and oxygen atoms in total. The van der Waals surface area contributed by atoms with Crippen LogP contribution in [0.2, 0.25) is 0 Å². The summed E-state index contributed by atoms with van der Waals surface area (Å²) in [5.74, 6) is 5.00. The van der Waals surface area contributed by atoms with E-state index in [1.165, 1.54) is 0 Å². The standard InChI is InChI=1S/C10H15N3O/c1-10(2,12-9(14)13-11)8-6-4-3-5-7-8/h3-7H,11H2,1-2H3,(H2,12,13,14). The van der Waals surface area contributed by atoms with Gasteiger partial charge in [-0.05, 0) is 19.4 Å². The van der Waals surface area contributed by atoms with E-state index in [-0.39, 0.29) is 6.03 Å². The Balaban J connectivity index is 2.80. The lowest BCUT2D eigenvalue weighted by Crippen LogP contribution is -2.48. The molecular formula is C10H15N3O. The summed E-state index contributed by atoms with van der Waals surface area (Å²) in [6.07, 6.45) is 0. The van der Waals surface area contributed by atoms with Crippen molar-refractivity contribution in [2.24, 2.45) is 5.84 Å². The molecule has 0 aliphatic rings. The Kier molecular flexibility index (Phi) is 3.09. The van der Waals surface area contributed by atoms with Crippen molar-refractivity contribution in [2.45, 2.75) is 19.4 Å². The van der Waals surface area contributed by atoms with Crippen LogP contribution in [0, 0.1) is 0 Å². The number of hydrogen-bond acceptors (Lipinski definition) is 2. The summed E-state index contributed by atoms with van der Waals surface area (Å²) in [7, 11) is 0. The first kappa shape index (κ1) is 10.5. The minimum atomic E-state index is -0.426. The van der Waals surface area contributed by atoms with Gasteiger partial charge in [-0.3, -0.25) is 5.43 Å². The molecule has 0 saturated heterocycles. The van der Waals surface area contributed by atoms with E-state index in [0.717, 1.165) is 5.56 Å². The Bertz CT molecular complexity index is 308. The third kappa shape index (κ3) is 2.47. The summed E-state index contributed by atoms with van der Waals surface area (Å²) in [5.41, 5.74) is 2.65. The van der Waals surface area contributed by atoms with Gasteiger partial charge in [0, 0.05) is 0 Å². The Hall–Kier alpha value is -1.55. The lowest BCUT2D eigenvalue weighted by molar-refractivity contribution is 0.230. The van der Waals surface area contributed by atoms with E-state index in [1.807, 2.05) is 49.6 Å². The van der Waals surface area contributed by atoms with E-state index in [9.17, 15) is 4.79 Å². The Morgan fingerprint density at radius 3 is 2.36 bits per heavy atom. The first-order valence-electron chi connectivity index (χ1n) is 4.40. The van der Waals surface area contributed by atoms with Gasteiger partial charge in [0.05, 0.1) is 5.54 Å². The molecule has 0 heterocycles. The molecule has 1 rings (SSSR count). The molecule has 0 radical (unpaired) electrons. The molecule has 0 spiro atoms. The number of hydrogen-bond donors (Lipinski definition) is 3. The largest absolute Gasteiger partial charge is 0.329 e. The van der Waals surface area contributed by atoms with Crippen molar-refractivity contribution < 1.29 is 4.79 Å². The van der Waals surface area contributed by atoms with Gasteiger partial charge in [0.1, 0.15) is 0 Å². The predicted octanol–water partition coefficient (Wildman–Crippen LogP) is 1.09. The zero-order chi connectivity index (χ0) is 10.6. The highest BCUT2D eigenvalue weighted by molar-refractivity contribution is 5.74. The van der Waals surface area contributed by atoms with Crippen LogP contribution in [0.3, 0.4) is 0 Å². The van der Waals surface area contributed by atoms with Crippen LogP contribution in [0.4, 0.5) is 4.79 Å². The van der Waals surface area contributed by atoms with Crippen LogP contribution in [0.25, 0.3) is 0 Å². The molecule has 76 valence electrons. The Labute approximate surface area is 83.5 Å². The first-order valence-corrected chi connectivity index (χ1v) is 4.40. The summed E-state index contributed by atoms with van der Waals surface area (Å²) in [6, 6.07) is 9.31. The van der Waals surface area contributed by atoms with Gasteiger partial charge in [0.2, 0.25) is 0 Å². The summed E-state index contributed by atoms with van der Waals surface area (Å²) in [5, 5.41) is 2.75. The van der Waals surface area contributed by atoms with Gasteiger partial charge in [0.25, 0.3) is 0 Å². The molecule has 0 unspecified atom stereocenters. The maximum atomic E-state index is 11.1. The fourth-order valence-electron chi connectivity index (χ4n) is 1.25. The van der Waals surface area contributed by atoms with E-state index < -0.39 is 5.54 Å². The molecule has 1 aromatic carbocycles. The first-order chi connectivity index (χ1) is 6.56. The van der Waals surface area contributed by atoms with Gasteiger partial charge in [-0.1, -0.05) is 30.3 Å². The topological polar surface area (TPSA) is 67.2 Å². The molecule has 2 amide bonds. The monoisotopic (exact) mass is 193 g/mol. The second kappa shape index (κ2) is 4.11. The quantitative estimate of drug-likeness (QED) is 0.374. The van der Waals surface area contributed by atoms with E-state index in [4.69, 9.17) is 5.84 Å². The normalized spacial score (nSPS) is 10.8. The number of carbonyl (C=O) groups is 1. The van der Waals surface area contributed by atoms with Gasteiger partial charge in [-0.2, -0.15) is 0 Å². The second-order valence-electron chi connectivity index (χ2n) is 3.59. The van der Waals surface area contributed by atoms with E-state index in [1.54, 1.807) is 0 Å². The highest BCUT2D eigenvalue weighted by Crippen LogP contribution is 2.18. The average molecular weight is 193 g/mol. The summed E-state index contributed by atoms with van der Waals surface area (Å²) in [6.45, 7) is 3.83. The Morgan fingerprint density at radius 2 is 1.86 bits per heavy atom. The average Bonchev–Trinajstić information content (AvgIpc) is 2.18. The number of benzene rings is 1. The maximum Gasteiger partial charge on any atom is 0.329 e. The van der Waals surface area contributed by atoms with E-state index >= 15 is 0 Å². The van der Waals surface area contributed by atoms with Gasteiger partial charge < -0.3 is 5.32 Å². The predicted molar refractivity (Wildman–Crippen MR) is 55.3 cm³/mol. The number of hydrazine groups is 1. The number of nitrogens with two attached hydrogens (primary N) is 1. The summed E-state index contributed by atoms with van der Waals surface area (Å²) < 4.78 is 0. The molecule has 4 N–H and O–H groups in total. The number of amides is 2. The number of nitrogens with one attached hydrogen (secondary N) is 2. The van der Waals surface area contributed by atoms with E-state index in [0.29, 0.717) is 0 Å². The number of rotatable bonds is 2. The molecule has 0 atom stereocenters. The van der Waals surface area contributed by atoms with Crippen LogP contribution in [-0.2, 0) is 5.54 Å². The molecule has 4 heteroatoms. The Morgan fingerprint density at radius 1 is 1.29 bits per heavy atom. The smallest absolute Gasteiger partial charge is 0.328 e. The molecule has 14 heavy (non-hydrogen) atoms. The van der Waals surface area contributed by atoms with Gasteiger partial charge in [-0.25, -0.2) is 10.6 Å². The third-order valence-corrected chi connectivity index (χ3v) is 2.05. The van der Waals surface area contributed by atoms with Crippen molar-refractivity contribution in [2.75, 3.05) is 0 Å². The van der Waals surface area contributed by atoms with Gasteiger partial charge in [-0.15, -0.1) is 0 Å². The lowest BCUT2D eigenvalue weighted by atomic mass is 9.95. The van der Waals surface area contributed by atoms with Crippen LogP contribution in [0.1, 0.15) is 19.4 Å². The zero-order valence-electron chi connectivity index (χ0n) is 8.37. The highest BCUT2D eigenvalue weighted by atomic mass is 16.2. The number of urea groups is 1. The van der Waals surface area contributed by atoms with Gasteiger partial charge >= 0.3 is 6.03 Å². The van der Waals surface area contributed by atoms with Crippen LogP contribution in [0.15, 0.2) is 30.3 Å². The molecule has 0 saturated carbocycles. The molecule has 0 fully saturated rings. The molecule has 1 aromatic rings. The second-order valence-corrected chi connectivity index (χ2v) is 3.59. The van der Waals surface area contributed by atoms with Crippen molar-refractivity contribution >= 4 is 6.03 Å². The van der Waals surface area contributed by atoms with Crippen LogP contribution < -0.4 is 16.6 Å². The maximum absolute atomic E-state index is 11.1. The molecule has 0 bridgehead atoms. The minimum Gasteiger partial charge on any atom is -0.328 e. The fourth-order valence-corrected chi connectivity index (χ4v) is 1.25. The van der Waals surface area contributed by atoms with E-state index in [2.05, 4.69) is 5.32 Å². The van der Waals surface area contributed by atoms with Crippen molar-refractivity contribution in [3.8, 4) is 0 Å². The highest BCUT2D eigenvalue weighted by Gasteiger charge is 2.21. The summed E-state index contributed by atoms with van der Waals surface area (Å²) in [4.78, 5) is 11.1. The van der Waals surface area contributed by atoms with Crippen molar-refractivity contribution in [1.82, 2.24) is 10.7 Å². The fraction of sp³-hybridized carbons (Fsp3) is 0.300. The molecule has 0 aliphatic heterocycles. The SMILES string of the molecule is CC(C)(NC(=O)NN)c1ccccc1. The minimum absolute atomic E-state index is 0.390. The van der Waals surface area contributed by atoms with Crippen LogP contribution in [0.5, 0.6) is 0 Å². The van der Waals surface area contributed by atoms with Crippen molar-refractivity contribution in [3.63, 3.8) is 0 Å². The van der Waals surface area contributed by atoms with Crippen LogP contribution >= 0.6 is 0 Å². The molecular weight excluding hydrogens is 178 g/mol. The van der Waals surface area contributed by atoms with Crippen LogP contribution in [-0.4, -0.2) is 6.03 Å². The summed E-state index contributed by atoms with van der Waals surface area (Å²) >= 11 is 0. The number of carbonyl (C=O) groups excluding carboxylic acids is 1. The molecule has 0 aliphatic carbocycles. The third-order valence-electron chi connectivity index (χ3n) is 2.05. The molecule has 0 aromatic heterocycles. The van der Waals surface area contributed by atoms with Crippen molar-refractivity contribution in [1.29, 1.82) is 0 Å². The zero-order valence-corrected chi connectivity index (χ0v) is 8.37. The lowest BCUT2D eigenvalue weighted by Gasteiger charge is -2.26. The van der Waals surface area contributed by atoms with Crippen molar-refractivity contribution in [3.05, 3.63) is 35.9 Å².